The van der Waals surface area contributed by atoms with Gasteiger partial charge in [0.1, 0.15) is 0 Å². The van der Waals surface area contributed by atoms with Gasteiger partial charge in [0.2, 0.25) is 0 Å². The van der Waals surface area contributed by atoms with Gasteiger partial charge in [-0.3, -0.25) is 30.6 Å². The second-order valence-corrected chi connectivity index (χ2v) is 5.31. The van der Waals surface area contributed by atoms with Crippen molar-refractivity contribution in [3.8, 4) is 11.5 Å². The van der Waals surface area contributed by atoms with Crippen LogP contribution in [0.25, 0.3) is 0 Å². The van der Waals surface area contributed by atoms with Crippen LogP contribution < -0.4 is 20.3 Å². The number of ether oxygens (including phenoxy) is 2. The summed E-state index contributed by atoms with van der Waals surface area (Å²) >= 11 is 6.03. The zero-order valence-corrected chi connectivity index (χ0v) is 14.5. The van der Waals surface area contributed by atoms with Crippen molar-refractivity contribution in [2.24, 2.45) is 0 Å². The van der Waals surface area contributed by atoms with Crippen LogP contribution in [0.5, 0.6) is 11.5 Å². The molecule has 0 fully saturated rings. The monoisotopic (exact) mass is 379 g/mol. The van der Waals surface area contributed by atoms with Gasteiger partial charge in [-0.1, -0.05) is 11.6 Å². The second-order valence-electron chi connectivity index (χ2n) is 4.91. The van der Waals surface area contributed by atoms with Crippen LogP contribution in [0.4, 0.5) is 5.69 Å². The number of non-ortho nitro benzene ring substituents is 1. The minimum Gasteiger partial charge on any atom is -0.493 e. The molecule has 0 radical (unpaired) electrons. The van der Waals surface area contributed by atoms with Crippen LogP contribution in [0.15, 0.2) is 36.4 Å². The van der Waals surface area contributed by atoms with Crippen molar-refractivity contribution in [1.82, 2.24) is 10.9 Å². The quantitative estimate of drug-likeness (QED) is 0.607. The lowest BCUT2D eigenvalue weighted by atomic mass is 10.2. The van der Waals surface area contributed by atoms with E-state index < -0.39 is 16.7 Å². The third-order valence-corrected chi connectivity index (χ3v) is 3.61. The molecule has 0 aliphatic rings. The maximum atomic E-state index is 12.2. The molecular weight excluding hydrogens is 366 g/mol. The number of hydrogen-bond acceptors (Lipinski definition) is 6. The molecule has 0 saturated heterocycles. The molecule has 0 aliphatic heterocycles. The molecule has 0 aromatic heterocycles. The number of hydrogen-bond donors (Lipinski definition) is 2. The number of hydrazine groups is 1. The summed E-state index contributed by atoms with van der Waals surface area (Å²) in [7, 11) is 2.81. The molecule has 2 amide bonds. The minimum atomic E-state index is -0.639. The number of nitrogens with zero attached hydrogens (tertiary/aromatic N) is 1. The van der Waals surface area contributed by atoms with Gasteiger partial charge < -0.3 is 9.47 Å². The number of nitro groups is 1. The highest BCUT2D eigenvalue weighted by molar-refractivity contribution is 6.32. The number of nitrogens with one attached hydrogen (secondary N) is 2. The third-order valence-electron chi connectivity index (χ3n) is 3.33. The molecule has 0 unspecified atom stereocenters. The van der Waals surface area contributed by atoms with Crippen LogP contribution in [0.2, 0.25) is 5.02 Å². The van der Waals surface area contributed by atoms with Gasteiger partial charge in [-0.05, 0) is 24.3 Å². The predicted molar refractivity (Wildman–Crippen MR) is 92.6 cm³/mol. The summed E-state index contributed by atoms with van der Waals surface area (Å²) in [5.74, 6) is -0.740. The smallest absolute Gasteiger partial charge is 0.269 e. The molecule has 0 bridgehead atoms. The predicted octanol–water partition coefficient (Wildman–Crippen LogP) is 2.34. The van der Waals surface area contributed by atoms with Crippen molar-refractivity contribution in [1.29, 1.82) is 0 Å². The summed E-state index contributed by atoms with van der Waals surface area (Å²) in [6, 6.07) is 7.67. The van der Waals surface area contributed by atoms with Crippen molar-refractivity contribution < 1.29 is 24.0 Å². The van der Waals surface area contributed by atoms with E-state index in [1.54, 1.807) is 0 Å². The summed E-state index contributed by atoms with van der Waals surface area (Å²) in [6.45, 7) is 0. The number of rotatable bonds is 5. The van der Waals surface area contributed by atoms with Crippen LogP contribution in [0.3, 0.4) is 0 Å². The first-order chi connectivity index (χ1) is 12.4. The van der Waals surface area contributed by atoms with Crippen LogP contribution in [0, 0.1) is 10.1 Å². The van der Waals surface area contributed by atoms with E-state index in [2.05, 4.69) is 10.9 Å². The van der Waals surface area contributed by atoms with E-state index in [0.717, 1.165) is 0 Å². The van der Waals surface area contributed by atoms with Crippen LogP contribution in [-0.2, 0) is 0 Å². The number of carbonyl (C=O) groups excluding carboxylic acids is 2. The summed E-state index contributed by atoms with van der Waals surface area (Å²) < 4.78 is 10.2. The lowest BCUT2D eigenvalue weighted by molar-refractivity contribution is -0.384. The molecule has 0 atom stereocenters. The van der Waals surface area contributed by atoms with Crippen molar-refractivity contribution in [3.63, 3.8) is 0 Å². The number of methoxy groups -OCH3 is 2. The second kappa shape index (κ2) is 8.17. The Morgan fingerprint density at radius 1 is 1.00 bits per heavy atom. The van der Waals surface area contributed by atoms with Gasteiger partial charge in [0.15, 0.2) is 11.5 Å². The Kier molecular flexibility index (Phi) is 5.97. The van der Waals surface area contributed by atoms with Crippen LogP contribution in [-0.4, -0.2) is 31.0 Å². The lowest BCUT2D eigenvalue weighted by Gasteiger charge is -2.12. The van der Waals surface area contributed by atoms with Gasteiger partial charge in [0.05, 0.1) is 24.2 Å². The van der Waals surface area contributed by atoms with E-state index in [1.165, 1.54) is 50.6 Å². The summed E-state index contributed by atoms with van der Waals surface area (Å²) in [5, 5.41) is 10.8. The molecule has 2 rings (SSSR count). The first-order valence-electron chi connectivity index (χ1n) is 7.14. The van der Waals surface area contributed by atoms with E-state index in [1.807, 2.05) is 0 Å². The Bertz CT molecular complexity index is 854. The zero-order chi connectivity index (χ0) is 19.3. The van der Waals surface area contributed by atoms with E-state index in [9.17, 15) is 19.7 Å². The molecule has 2 aromatic carbocycles. The number of nitro benzene ring substituents is 1. The van der Waals surface area contributed by atoms with Crippen LogP contribution in [0.1, 0.15) is 20.7 Å². The zero-order valence-electron chi connectivity index (χ0n) is 13.7. The number of halogens is 1. The van der Waals surface area contributed by atoms with E-state index in [4.69, 9.17) is 21.1 Å². The summed E-state index contributed by atoms with van der Waals surface area (Å²) in [4.78, 5) is 34.2. The molecule has 0 aliphatic carbocycles. The Balaban J connectivity index is 2.07. The molecule has 2 aromatic rings. The molecule has 0 spiro atoms. The van der Waals surface area contributed by atoms with E-state index in [0.29, 0.717) is 0 Å². The lowest BCUT2D eigenvalue weighted by Crippen LogP contribution is -2.41. The van der Waals surface area contributed by atoms with Gasteiger partial charge in [-0.2, -0.15) is 0 Å². The fourth-order valence-electron chi connectivity index (χ4n) is 2.04. The minimum absolute atomic E-state index is 0.136. The Hall–Kier alpha value is -3.33. The maximum absolute atomic E-state index is 12.2. The molecule has 136 valence electrons. The van der Waals surface area contributed by atoms with E-state index in [-0.39, 0.29) is 33.3 Å². The Morgan fingerprint density at radius 3 is 2.08 bits per heavy atom. The van der Waals surface area contributed by atoms with Gasteiger partial charge in [-0.25, -0.2) is 0 Å². The van der Waals surface area contributed by atoms with Crippen molar-refractivity contribution in [2.75, 3.05) is 14.2 Å². The van der Waals surface area contributed by atoms with Gasteiger partial charge in [-0.15, -0.1) is 0 Å². The topological polar surface area (TPSA) is 120 Å². The third kappa shape index (κ3) is 4.19. The first-order valence-corrected chi connectivity index (χ1v) is 7.51. The highest BCUT2D eigenvalue weighted by Gasteiger charge is 2.16. The van der Waals surface area contributed by atoms with Gasteiger partial charge in [0, 0.05) is 23.3 Å². The first kappa shape index (κ1) is 19.0. The average molecular weight is 380 g/mol. The highest BCUT2D eigenvalue weighted by Crippen LogP contribution is 2.35. The molecule has 2 N–H and O–H groups in total. The number of amides is 2. The standard InChI is InChI=1S/C16H14ClN3O6/c1-25-13-8-10(7-12(17)14(13)26-2)16(22)19-18-15(21)9-3-5-11(6-4-9)20(23)24/h3-8H,1-2H3,(H,18,21)(H,19,22). The molecule has 10 heteroatoms. The van der Waals surface area contributed by atoms with Gasteiger partial charge >= 0.3 is 0 Å². The summed E-state index contributed by atoms with van der Waals surface area (Å²) in [5.41, 5.74) is 4.56. The summed E-state index contributed by atoms with van der Waals surface area (Å²) in [6.07, 6.45) is 0. The fraction of sp³-hybridized carbons (Fsp3) is 0.125. The highest BCUT2D eigenvalue weighted by atomic mass is 35.5. The van der Waals surface area contributed by atoms with Crippen molar-refractivity contribution in [2.45, 2.75) is 0 Å². The normalized spacial score (nSPS) is 9.96. The molecular formula is C16H14ClN3O6. The Morgan fingerprint density at radius 2 is 1.58 bits per heavy atom. The van der Waals surface area contributed by atoms with Crippen molar-refractivity contribution >= 4 is 29.1 Å². The van der Waals surface area contributed by atoms with Crippen LogP contribution >= 0.6 is 11.6 Å². The SMILES string of the molecule is COc1cc(C(=O)NNC(=O)c2ccc([N+](=O)[O-])cc2)cc(Cl)c1OC. The largest absolute Gasteiger partial charge is 0.493 e. The Labute approximate surface area is 153 Å². The molecule has 0 saturated carbocycles. The molecule has 0 heterocycles. The maximum Gasteiger partial charge on any atom is 0.269 e. The fourth-order valence-corrected chi connectivity index (χ4v) is 2.33. The molecule has 9 nitrogen and oxygen atoms in total. The van der Waals surface area contributed by atoms with Gasteiger partial charge in [0.25, 0.3) is 17.5 Å². The molecule has 26 heavy (non-hydrogen) atoms. The average Bonchev–Trinajstić information content (AvgIpc) is 2.64. The number of benzene rings is 2. The number of carbonyl (C=O) groups is 2. The van der Waals surface area contributed by atoms with Crippen molar-refractivity contribution in [3.05, 3.63) is 62.7 Å². The van der Waals surface area contributed by atoms with E-state index >= 15 is 0 Å².